The molecule has 5 rings (SSSR count). The third kappa shape index (κ3) is 5.41. The van der Waals surface area contributed by atoms with Gasteiger partial charge in [-0.15, -0.1) is 0 Å². The predicted octanol–water partition coefficient (Wildman–Crippen LogP) is 3.76. The Kier molecular flexibility index (Phi) is 6.76. The number of aliphatic hydroxyl groups is 1. The van der Waals surface area contributed by atoms with E-state index in [9.17, 15) is 18.3 Å². The van der Waals surface area contributed by atoms with Crippen LogP contribution >= 0.6 is 0 Å². The van der Waals surface area contributed by atoms with E-state index in [0.29, 0.717) is 31.8 Å². The summed E-state index contributed by atoms with van der Waals surface area (Å²) in [6, 6.07) is 0.0989. The van der Waals surface area contributed by atoms with E-state index in [0.717, 1.165) is 28.7 Å². The van der Waals surface area contributed by atoms with Gasteiger partial charge in [-0.05, 0) is 30.4 Å². The van der Waals surface area contributed by atoms with Crippen molar-refractivity contribution in [2.24, 2.45) is 7.05 Å². The Labute approximate surface area is 206 Å². The third-order valence-electron chi connectivity index (χ3n) is 6.85. The first kappa shape index (κ1) is 24.4. The summed E-state index contributed by atoms with van der Waals surface area (Å²) in [5.41, 5.74) is 3.97. The van der Waals surface area contributed by atoms with Crippen molar-refractivity contribution in [1.82, 2.24) is 34.4 Å². The van der Waals surface area contributed by atoms with Gasteiger partial charge in [-0.1, -0.05) is 18.2 Å². The lowest BCUT2D eigenvalue weighted by atomic mass is 9.89. The van der Waals surface area contributed by atoms with Crippen molar-refractivity contribution in [3.05, 3.63) is 66.8 Å². The molecular formula is C25H28F3N7O. The molecule has 4 heterocycles. The molecule has 36 heavy (non-hydrogen) atoms. The summed E-state index contributed by atoms with van der Waals surface area (Å²) in [5, 5.41) is 18.1. The Morgan fingerprint density at radius 3 is 2.44 bits per heavy atom. The van der Waals surface area contributed by atoms with Crippen LogP contribution in [0.2, 0.25) is 0 Å². The van der Waals surface area contributed by atoms with Gasteiger partial charge in [0.1, 0.15) is 0 Å². The second-order valence-corrected chi connectivity index (χ2v) is 9.43. The summed E-state index contributed by atoms with van der Waals surface area (Å²) >= 11 is 0. The lowest BCUT2D eigenvalue weighted by Crippen LogP contribution is -2.44. The molecule has 1 saturated heterocycles. The number of aryl methyl sites for hydroxylation is 1. The Balaban J connectivity index is 1.19. The second-order valence-electron chi connectivity index (χ2n) is 9.43. The molecule has 1 N–H and O–H groups in total. The van der Waals surface area contributed by atoms with Crippen LogP contribution in [0.5, 0.6) is 0 Å². The SMILES string of the molecule is Cn1cc(C2C=CC=C(c3ncc(-c4cnn(C5CCN(CC(O)C(F)(F)F)CC5)c4)cn3)C2)cn1. The number of allylic oxidation sites excluding steroid dienone is 4. The molecule has 0 spiro atoms. The first-order valence-electron chi connectivity index (χ1n) is 12.0. The van der Waals surface area contributed by atoms with Crippen LogP contribution in [-0.2, 0) is 7.05 Å². The lowest BCUT2D eigenvalue weighted by Gasteiger charge is -2.33. The number of hydrogen-bond acceptors (Lipinski definition) is 6. The Hall–Kier alpha value is -3.31. The van der Waals surface area contributed by atoms with Crippen molar-refractivity contribution < 1.29 is 18.3 Å². The van der Waals surface area contributed by atoms with E-state index in [4.69, 9.17) is 0 Å². The first-order chi connectivity index (χ1) is 17.3. The molecule has 0 aromatic carbocycles. The van der Waals surface area contributed by atoms with Crippen LogP contribution in [0.15, 0.2) is 55.4 Å². The standard InChI is InChI=1S/C25H28F3N7O/c1-33-14-20(12-31-33)17-3-2-4-18(9-17)24-29-10-19(11-30-24)21-13-32-35(15-21)22-5-7-34(8-6-22)16-23(36)25(26,27)28/h2-4,10-15,17,22-23,36H,5-9,16H2,1H3. The Morgan fingerprint density at radius 2 is 1.78 bits per heavy atom. The highest BCUT2D eigenvalue weighted by Crippen LogP contribution is 2.32. The van der Waals surface area contributed by atoms with Crippen molar-refractivity contribution in [3.63, 3.8) is 0 Å². The largest absolute Gasteiger partial charge is 0.415 e. The molecular weight excluding hydrogens is 471 g/mol. The van der Waals surface area contributed by atoms with Gasteiger partial charge in [-0.2, -0.15) is 23.4 Å². The molecule has 8 nitrogen and oxygen atoms in total. The maximum absolute atomic E-state index is 12.6. The third-order valence-corrected chi connectivity index (χ3v) is 6.85. The summed E-state index contributed by atoms with van der Waals surface area (Å²) in [4.78, 5) is 10.8. The average molecular weight is 500 g/mol. The molecule has 3 aromatic heterocycles. The van der Waals surface area contributed by atoms with Crippen LogP contribution in [-0.4, -0.2) is 71.4 Å². The molecule has 190 valence electrons. The lowest BCUT2D eigenvalue weighted by molar-refractivity contribution is -0.208. The minimum Gasteiger partial charge on any atom is -0.382 e. The van der Waals surface area contributed by atoms with Crippen molar-refractivity contribution in [1.29, 1.82) is 0 Å². The van der Waals surface area contributed by atoms with Gasteiger partial charge < -0.3 is 10.0 Å². The maximum atomic E-state index is 12.6. The van der Waals surface area contributed by atoms with E-state index in [1.54, 1.807) is 28.2 Å². The zero-order chi connectivity index (χ0) is 25.3. The highest BCUT2D eigenvalue weighted by molar-refractivity contribution is 5.66. The molecule has 3 aromatic rings. The fraction of sp³-hybridized carbons (Fsp3) is 0.440. The fourth-order valence-electron chi connectivity index (χ4n) is 4.75. The highest BCUT2D eigenvalue weighted by Gasteiger charge is 2.39. The zero-order valence-corrected chi connectivity index (χ0v) is 19.9. The highest BCUT2D eigenvalue weighted by atomic mass is 19.4. The number of likely N-dealkylation sites (tertiary alicyclic amines) is 1. The van der Waals surface area contributed by atoms with Gasteiger partial charge in [0.15, 0.2) is 11.9 Å². The van der Waals surface area contributed by atoms with Crippen molar-refractivity contribution in [3.8, 4) is 11.1 Å². The van der Waals surface area contributed by atoms with Gasteiger partial charge in [0.2, 0.25) is 0 Å². The molecule has 2 aliphatic rings. The van der Waals surface area contributed by atoms with Crippen LogP contribution < -0.4 is 0 Å². The van der Waals surface area contributed by atoms with Crippen LogP contribution in [0.4, 0.5) is 13.2 Å². The number of rotatable bonds is 6. The van der Waals surface area contributed by atoms with E-state index < -0.39 is 12.3 Å². The van der Waals surface area contributed by atoms with Crippen molar-refractivity contribution in [2.75, 3.05) is 19.6 Å². The summed E-state index contributed by atoms with van der Waals surface area (Å²) in [5.74, 6) is 0.932. The molecule has 2 atom stereocenters. The fourth-order valence-corrected chi connectivity index (χ4v) is 4.75. The van der Waals surface area contributed by atoms with E-state index in [2.05, 4.69) is 26.2 Å². The minimum absolute atomic E-state index is 0.0989. The molecule has 0 radical (unpaired) electrons. The van der Waals surface area contributed by atoms with Gasteiger partial charge in [-0.25, -0.2) is 9.97 Å². The minimum atomic E-state index is -4.59. The molecule has 0 bridgehead atoms. The van der Waals surface area contributed by atoms with Crippen LogP contribution in [0.3, 0.4) is 0 Å². The number of nitrogens with zero attached hydrogens (tertiary/aromatic N) is 7. The summed E-state index contributed by atoms with van der Waals surface area (Å²) < 4.78 is 41.5. The number of piperidine rings is 1. The molecule has 2 unspecified atom stereocenters. The number of aromatic nitrogens is 6. The van der Waals surface area contributed by atoms with E-state index >= 15 is 0 Å². The van der Waals surface area contributed by atoms with Crippen molar-refractivity contribution >= 4 is 5.57 Å². The molecule has 1 fully saturated rings. The van der Waals surface area contributed by atoms with E-state index in [1.807, 2.05) is 42.5 Å². The number of aliphatic hydroxyl groups excluding tert-OH is 1. The predicted molar refractivity (Wildman–Crippen MR) is 128 cm³/mol. The monoisotopic (exact) mass is 499 g/mol. The average Bonchev–Trinajstić information content (AvgIpc) is 3.54. The van der Waals surface area contributed by atoms with Gasteiger partial charge in [0, 0.05) is 68.5 Å². The number of alkyl halides is 3. The zero-order valence-electron chi connectivity index (χ0n) is 19.9. The normalized spacial score (nSPS) is 20.5. The number of hydrogen-bond donors (Lipinski definition) is 1. The molecule has 1 aliphatic carbocycles. The van der Waals surface area contributed by atoms with E-state index in [-0.39, 0.29) is 18.5 Å². The van der Waals surface area contributed by atoms with Gasteiger partial charge in [0.25, 0.3) is 0 Å². The van der Waals surface area contributed by atoms with Crippen LogP contribution in [0.25, 0.3) is 16.7 Å². The Bertz CT molecular complexity index is 1240. The Morgan fingerprint density at radius 1 is 1.03 bits per heavy atom. The van der Waals surface area contributed by atoms with Crippen molar-refractivity contribution in [2.45, 2.75) is 43.5 Å². The molecule has 11 heteroatoms. The summed E-state index contributed by atoms with van der Waals surface area (Å²) in [6.07, 6.45) is 12.7. The smallest absolute Gasteiger partial charge is 0.382 e. The summed E-state index contributed by atoms with van der Waals surface area (Å²) in [6.45, 7) is 0.572. The van der Waals surface area contributed by atoms with Crippen LogP contribution in [0, 0.1) is 0 Å². The second kappa shape index (κ2) is 9.98. The number of halogens is 3. The molecule has 0 saturated carbocycles. The topological polar surface area (TPSA) is 84.9 Å². The first-order valence-corrected chi connectivity index (χ1v) is 12.0. The van der Waals surface area contributed by atoms with E-state index in [1.165, 1.54) is 0 Å². The molecule has 1 aliphatic heterocycles. The summed E-state index contributed by atoms with van der Waals surface area (Å²) in [7, 11) is 1.91. The number of β-amino-alcohol motifs (C(OH)–C–C–N with tert-alkyl or cyclic N) is 1. The maximum Gasteiger partial charge on any atom is 0.415 e. The van der Waals surface area contributed by atoms with Crippen LogP contribution in [0.1, 0.15) is 42.6 Å². The van der Waals surface area contributed by atoms with Gasteiger partial charge >= 0.3 is 6.18 Å². The molecule has 0 amide bonds. The van der Waals surface area contributed by atoms with Gasteiger partial charge in [0.05, 0.1) is 18.4 Å². The van der Waals surface area contributed by atoms with Gasteiger partial charge in [-0.3, -0.25) is 9.36 Å². The quantitative estimate of drug-likeness (QED) is 0.556.